The summed E-state index contributed by atoms with van der Waals surface area (Å²) in [4.78, 5) is 16.4. The zero-order chi connectivity index (χ0) is 20.6. The van der Waals surface area contributed by atoms with E-state index in [2.05, 4.69) is 15.5 Å². The second-order valence-corrected chi connectivity index (χ2v) is 6.19. The molecule has 152 valence electrons. The third-order valence-corrected chi connectivity index (χ3v) is 4.24. The molecule has 0 radical (unpaired) electrons. The van der Waals surface area contributed by atoms with Crippen molar-refractivity contribution in [3.8, 4) is 28.6 Å². The summed E-state index contributed by atoms with van der Waals surface area (Å²) in [7, 11) is 4.63. The minimum absolute atomic E-state index is 0.0550. The van der Waals surface area contributed by atoms with E-state index in [0.29, 0.717) is 53.8 Å². The number of para-hydroxylation sites is 1. The van der Waals surface area contributed by atoms with Crippen LogP contribution < -0.4 is 19.5 Å². The molecule has 1 amide bonds. The van der Waals surface area contributed by atoms with Crippen LogP contribution in [0.3, 0.4) is 0 Å². The number of nitrogens with one attached hydrogen (secondary N) is 1. The average molecular weight is 397 g/mol. The fraction of sp³-hybridized carbons (Fsp3) is 0.286. The van der Waals surface area contributed by atoms with Gasteiger partial charge in [-0.15, -0.1) is 0 Å². The standard InChI is InChI=1S/C21H23N3O5/c1-26-16-12-14(13-17(27-2)20(16)28-3)21-23-19(29-24-21)11-7-10-18(25)22-15-8-5-4-6-9-15/h4-6,8-9,12-13H,7,10-11H2,1-3H3,(H,22,25). The number of rotatable bonds is 9. The molecule has 0 unspecified atom stereocenters. The molecule has 0 atom stereocenters. The van der Waals surface area contributed by atoms with Crippen molar-refractivity contribution in [1.29, 1.82) is 0 Å². The lowest BCUT2D eigenvalue weighted by atomic mass is 10.1. The molecular weight excluding hydrogens is 374 g/mol. The van der Waals surface area contributed by atoms with Gasteiger partial charge in [0.25, 0.3) is 0 Å². The fourth-order valence-corrected chi connectivity index (χ4v) is 2.83. The third-order valence-electron chi connectivity index (χ3n) is 4.24. The van der Waals surface area contributed by atoms with Gasteiger partial charge < -0.3 is 24.1 Å². The van der Waals surface area contributed by atoms with Crippen LogP contribution in [0.25, 0.3) is 11.4 Å². The topological polar surface area (TPSA) is 95.7 Å². The molecule has 29 heavy (non-hydrogen) atoms. The highest BCUT2D eigenvalue weighted by molar-refractivity contribution is 5.90. The first-order valence-corrected chi connectivity index (χ1v) is 9.12. The number of hydrogen-bond acceptors (Lipinski definition) is 7. The van der Waals surface area contributed by atoms with Crippen molar-refractivity contribution in [3.63, 3.8) is 0 Å². The van der Waals surface area contributed by atoms with E-state index >= 15 is 0 Å². The van der Waals surface area contributed by atoms with Gasteiger partial charge in [-0.3, -0.25) is 4.79 Å². The third kappa shape index (κ3) is 5.04. The van der Waals surface area contributed by atoms with Gasteiger partial charge in [0.2, 0.25) is 23.4 Å². The van der Waals surface area contributed by atoms with Crippen LogP contribution >= 0.6 is 0 Å². The highest BCUT2D eigenvalue weighted by Crippen LogP contribution is 2.40. The van der Waals surface area contributed by atoms with Crippen molar-refractivity contribution in [3.05, 3.63) is 48.4 Å². The van der Waals surface area contributed by atoms with Crippen molar-refractivity contribution in [2.75, 3.05) is 26.6 Å². The zero-order valence-electron chi connectivity index (χ0n) is 16.6. The number of methoxy groups -OCH3 is 3. The van der Waals surface area contributed by atoms with Gasteiger partial charge in [0.1, 0.15) is 0 Å². The molecule has 8 nitrogen and oxygen atoms in total. The second kappa shape index (κ2) is 9.59. The van der Waals surface area contributed by atoms with Gasteiger partial charge in [-0.1, -0.05) is 23.4 Å². The number of ether oxygens (including phenoxy) is 3. The summed E-state index contributed by atoms with van der Waals surface area (Å²) in [5, 5.41) is 6.87. The molecule has 0 saturated carbocycles. The molecule has 1 N–H and O–H groups in total. The number of aryl methyl sites for hydroxylation is 1. The van der Waals surface area contributed by atoms with E-state index in [9.17, 15) is 4.79 Å². The Balaban J connectivity index is 1.61. The van der Waals surface area contributed by atoms with E-state index in [1.165, 1.54) is 0 Å². The molecule has 1 aromatic heterocycles. The SMILES string of the molecule is COc1cc(-c2noc(CCCC(=O)Nc3ccccc3)n2)cc(OC)c1OC. The number of carbonyl (C=O) groups is 1. The maximum absolute atomic E-state index is 12.0. The molecule has 8 heteroatoms. The smallest absolute Gasteiger partial charge is 0.226 e. The van der Waals surface area contributed by atoms with Crippen molar-refractivity contribution in [2.45, 2.75) is 19.3 Å². The molecule has 0 spiro atoms. The van der Waals surface area contributed by atoms with Crippen molar-refractivity contribution < 1.29 is 23.5 Å². The van der Waals surface area contributed by atoms with Crippen LogP contribution in [0.2, 0.25) is 0 Å². The Hall–Kier alpha value is -3.55. The van der Waals surface area contributed by atoms with Gasteiger partial charge in [-0.2, -0.15) is 4.98 Å². The normalized spacial score (nSPS) is 10.4. The average Bonchev–Trinajstić information content (AvgIpc) is 3.22. The first-order chi connectivity index (χ1) is 14.1. The Labute approximate surface area is 168 Å². The molecule has 3 rings (SSSR count). The largest absolute Gasteiger partial charge is 0.493 e. The summed E-state index contributed by atoms with van der Waals surface area (Å²) in [5.74, 6) is 2.32. The Bertz CT molecular complexity index is 931. The summed E-state index contributed by atoms with van der Waals surface area (Å²) in [6.45, 7) is 0. The number of carbonyl (C=O) groups excluding carboxylic acids is 1. The Kier molecular flexibility index (Phi) is 6.67. The van der Waals surface area contributed by atoms with Crippen molar-refractivity contribution in [1.82, 2.24) is 10.1 Å². The Morgan fingerprint density at radius 2 is 1.72 bits per heavy atom. The molecule has 0 saturated heterocycles. The van der Waals surface area contributed by atoms with Gasteiger partial charge >= 0.3 is 0 Å². The molecule has 0 aliphatic heterocycles. The van der Waals surface area contributed by atoms with E-state index in [1.807, 2.05) is 30.3 Å². The van der Waals surface area contributed by atoms with E-state index in [4.69, 9.17) is 18.7 Å². The lowest BCUT2D eigenvalue weighted by molar-refractivity contribution is -0.116. The maximum Gasteiger partial charge on any atom is 0.226 e. The van der Waals surface area contributed by atoms with Crippen LogP contribution in [-0.4, -0.2) is 37.4 Å². The number of benzene rings is 2. The quantitative estimate of drug-likeness (QED) is 0.588. The van der Waals surface area contributed by atoms with E-state index < -0.39 is 0 Å². The van der Waals surface area contributed by atoms with Gasteiger partial charge in [0, 0.05) is 24.1 Å². The van der Waals surface area contributed by atoms with E-state index in [1.54, 1.807) is 33.5 Å². The highest BCUT2D eigenvalue weighted by atomic mass is 16.5. The molecule has 0 aliphatic rings. The molecule has 2 aromatic carbocycles. The number of nitrogens with zero attached hydrogens (tertiary/aromatic N) is 2. The molecule has 0 fully saturated rings. The predicted octanol–water partition coefficient (Wildman–Crippen LogP) is 3.72. The summed E-state index contributed by atoms with van der Waals surface area (Å²) in [6.07, 6.45) is 1.45. The number of hydrogen-bond donors (Lipinski definition) is 1. The summed E-state index contributed by atoms with van der Waals surface area (Å²) < 4.78 is 21.3. The highest BCUT2D eigenvalue weighted by Gasteiger charge is 2.17. The minimum Gasteiger partial charge on any atom is -0.493 e. The molecule has 3 aromatic rings. The van der Waals surface area contributed by atoms with Crippen LogP contribution in [0.15, 0.2) is 47.0 Å². The first-order valence-electron chi connectivity index (χ1n) is 9.12. The number of anilines is 1. The van der Waals surface area contributed by atoms with Gasteiger partial charge in [-0.05, 0) is 30.7 Å². The molecule has 1 heterocycles. The summed E-state index contributed by atoms with van der Waals surface area (Å²) in [5.41, 5.74) is 1.45. The lowest BCUT2D eigenvalue weighted by Gasteiger charge is -2.12. The maximum atomic E-state index is 12.0. The number of amides is 1. The van der Waals surface area contributed by atoms with Gasteiger partial charge in [0.15, 0.2) is 11.5 Å². The predicted molar refractivity (Wildman–Crippen MR) is 107 cm³/mol. The molecular formula is C21H23N3O5. The Morgan fingerprint density at radius 1 is 1.03 bits per heavy atom. The van der Waals surface area contributed by atoms with Crippen molar-refractivity contribution >= 4 is 11.6 Å². The van der Waals surface area contributed by atoms with Gasteiger partial charge in [0.05, 0.1) is 21.3 Å². The van der Waals surface area contributed by atoms with E-state index in [-0.39, 0.29) is 5.91 Å². The second-order valence-electron chi connectivity index (χ2n) is 6.19. The van der Waals surface area contributed by atoms with Crippen LogP contribution in [-0.2, 0) is 11.2 Å². The minimum atomic E-state index is -0.0550. The lowest BCUT2D eigenvalue weighted by Crippen LogP contribution is -2.11. The van der Waals surface area contributed by atoms with E-state index in [0.717, 1.165) is 5.69 Å². The fourth-order valence-electron chi connectivity index (χ4n) is 2.83. The first kappa shape index (κ1) is 20.2. The van der Waals surface area contributed by atoms with Gasteiger partial charge in [-0.25, -0.2) is 0 Å². The van der Waals surface area contributed by atoms with Crippen LogP contribution in [0, 0.1) is 0 Å². The number of aromatic nitrogens is 2. The van der Waals surface area contributed by atoms with Crippen LogP contribution in [0.1, 0.15) is 18.7 Å². The summed E-state index contributed by atoms with van der Waals surface area (Å²) in [6, 6.07) is 12.8. The summed E-state index contributed by atoms with van der Waals surface area (Å²) >= 11 is 0. The Morgan fingerprint density at radius 3 is 2.34 bits per heavy atom. The van der Waals surface area contributed by atoms with Crippen LogP contribution in [0.4, 0.5) is 5.69 Å². The molecule has 0 bridgehead atoms. The van der Waals surface area contributed by atoms with Crippen LogP contribution in [0.5, 0.6) is 17.2 Å². The molecule has 0 aliphatic carbocycles. The zero-order valence-corrected chi connectivity index (χ0v) is 16.6. The van der Waals surface area contributed by atoms with Crippen molar-refractivity contribution in [2.24, 2.45) is 0 Å². The monoisotopic (exact) mass is 397 g/mol.